The Balaban J connectivity index is 1.48. The smallest absolute Gasteiger partial charge is 0.251 e. The third-order valence-electron chi connectivity index (χ3n) is 4.97. The molecular formula is C21H27N3O3S. The molecule has 3 rings (SSSR count). The van der Waals surface area contributed by atoms with Crippen molar-refractivity contribution in [2.24, 2.45) is 0 Å². The molecule has 7 heteroatoms. The monoisotopic (exact) mass is 401 g/mol. The minimum atomic E-state index is -3.44. The molecule has 150 valence electrons. The van der Waals surface area contributed by atoms with Crippen molar-refractivity contribution < 1.29 is 13.2 Å². The highest BCUT2D eigenvalue weighted by atomic mass is 32.2. The number of para-hydroxylation sites is 1. The molecule has 1 heterocycles. The van der Waals surface area contributed by atoms with Crippen LogP contribution in [0.4, 0.5) is 5.69 Å². The Morgan fingerprint density at radius 2 is 1.68 bits per heavy atom. The van der Waals surface area contributed by atoms with Crippen molar-refractivity contribution in [1.82, 2.24) is 9.62 Å². The topological polar surface area (TPSA) is 69.7 Å². The van der Waals surface area contributed by atoms with Crippen molar-refractivity contribution in [2.45, 2.75) is 24.2 Å². The molecule has 0 saturated carbocycles. The summed E-state index contributed by atoms with van der Waals surface area (Å²) in [5, 5.41) is 2.89. The summed E-state index contributed by atoms with van der Waals surface area (Å²) in [4.78, 5) is 14.7. The summed E-state index contributed by atoms with van der Waals surface area (Å²) in [6, 6.07) is 16.3. The molecule has 2 aromatic rings. The van der Waals surface area contributed by atoms with Crippen LogP contribution in [0.3, 0.4) is 0 Å². The quantitative estimate of drug-likeness (QED) is 0.691. The maximum atomic E-state index is 12.5. The van der Waals surface area contributed by atoms with Crippen LogP contribution < -0.4 is 10.2 Å². The predicted octanol–water partition coefficient (Wildman–Crippen LogP) is 2.73. The first-order valence-corrected chi connectivity index (χ1v) is 11.1. The molecule has 28 heavy (non-hydrogen) atoms. The van der Waals surface area contributed by atoms with Crippen molar-refractivity contribution in [3.63, 3.8) is 0 Å². The second kappa shape index (κ2) is 9.21. The first-order valence-electron chi connectivity index (χ1n) is 9.63. The van der Waals surface area contributed by atoms with Gasteiger partial charge in [0.1, 0.15) is 0 Å². The highest BCUT2D eigenvalue weighted by Crippen LogP contribution is 2.21. The van der Waals surface area contributed by atoms with E-state index in [9.17, 15) is 13.2 Å². The van der Waals surface area contributed by atoms with Gasteiger partial charge in [-0.25, -0.2) is 8.42 Å². The molecular weight excluding hydrogens is 374 g/mol. The molecule has 1 aliphatic rings. The number of nitrogens with one attached hydrogen (secondary N) is 1. The van der Waals surface area contributed by atoms with Gasteiger partial charge < -0.3 is 10.2 Å². The van der Waals surface area contributed by atoms with E-state index in [1.54, 1.807) is 12.1 Å². The Kier molecular flexibility index (Phi) is 6.70. The Morgan fingerprint density at radius 1 is 1.04 bits per heavy atom. The minimum absolute atomic E-state index is 0.188. The Bertz CT molecular complexity index is 877. The molecule has 0 spiro atoms. The average molecular weight is 402 g/mol. The molecule has 0 aromatic heterocycles. The van der Waals surface area contributed by atoms with Crippen LogP contribution in [0.2, 0.25) is 0 Å². The molecule has 1 N–H and O–H groups in total. The highest BCUT2D eigenvalue weighted by molar-refractivity contribution is 7.89. The first kappa shape index (κ1) is 20.4. The maximum Gasteiger partial charge on any atom is 0.251 e. The van der Waals surface area contributed by atoms with E-state index in [1.807, 2.05) is 25.2 Å². The van der Waals surface area contributed by atoms with Crippen LogP contribution in [0.5, 0.6) is 0 Å². The number of hydrogen-bond acceptors (Lipinski definition) is 4. The van der Waals surface area contributed by atoms with E-state index in [0.717, 1.165) is 31.5 Å². The lowest BCUT2D eigenvalue weighted by Gasteiger charge is -2.19. The summed E-state index contributed by atoms with van der Waals surface area (Å²) in [5.41, 5.74) is 1.61. The molecule has 1 saturated heterocycles. The number of nitrogens with zero attached hydrogens (tertiary/aromatic N) is 2. The fraction of sp³-hybridized carbons (Fsp3) is 0.381. The third-order valence-corrected chi connectivity index (χ3v) is 6.89. The number of carbonyl (C=O) groups is 1. The Hall–Kier alpha value is -2.38. The van der Waals surface area contributed by atoms with E-state index in [4.69, 9.17) is 0 Å². The lowest BCUT2D eigenvalue weighted by molar-refractivity contribution is 0.0953. The van der Waals surface area contributed by atoms with Crippen LogP contribution in [-0.2, 0) is 10.0 Å². The predicted molar refractivity (Wildman–Crippen MR) is 111 cm³/mol. The van der Waals surface area contributed by atoms with E-state index < -0.39 is 10.0 Å². The van der Waals surface area contributed by atoms with Gasteiger partial charge in [0.15, 0.2) is 0 Å². The van der Waals surface area contributed by atoms with E-state index in [2.05, 4.69) is 22.3 Å². The summed E-state index contributed by atoms with van der Waals surface area (Å²) < 4.78 is 26.6. The van der Waals surface area contributed by atoms with Gasteiger partial charge in [0.05, 0.1) is 4.90 Å². The van der Waals surface area contributed by atoms with Crippen LogP contribution in [0, 0.1) is 0 Å². The normalized spacial score (nSPS) is 14.8. The standard InChI is InChI=1S/C21H27N3O3S/c1-23(19-8-3-2-4-9-19)15-7-14-22-21(25)18-10-12-20(13-11-18)28(26,27)24-16-5-6-17-24/h2-4,8-13H,5-7,14-17H2,1H3,(H,22,25). The average Bonchev–Trinajstić information content (AvgIpc) is 3.27. The van der Waals surface area contributed by atoms with E-state index in [1.165, 1.54) is 16.4 Å². The van der Waals surface area contributed by atoms with Crippen LogP contribution in [0.25, 0.3) is 0 Å². The van der Waals surface area contributed by atoms with Gasteiger partial charge in [-0.3, -0.25) is 4.79 Å². The second-order valence-corrected chi connectivity index (χ2v) is 8.94. The fourth-order valence-electron chi connectivity index (χ4n) is 3.29. The van der Waals surface area contributed by atoms with Crippen LogP contribution >= 0.6 is 0 Å². The summed E-state index contributed by atoms with van der Waals surface area (Å²) in [6.45, 7) is 2.53. The Morgan fingerprint density at radius 3 is 2.32 bits per heavy atom. The van der Waals surface area contributed by atoms with Crippen molar-refractivity contribution in [2.75, 3.05) is 38.1 Å². The SMILES string of the molecule is CN(CCCNC(=O)c1ccc(S(=O)(=O)N2CCCC2)cc1)c1ccccc1. The van der Waals surface area contributed by atoms with Crippen LogP contribution in [0.1, 0.15) is 29.6 Å². The Labute approximate surface area is 167 Å². The van der Waals surface area contributed by atoms with E-state index >= 15 is 0 Å². The van der Waals surface area contributed by atoms with Gasteiger partial charge in [-0.2, -0.15) is 4.31 Å². The minimum Gasteiger partial charge on any atom is -0.375 e. The van der Waals surface area contributed by atoms with Gasteiger partial charge in [0, 0.05) is 44.5 Å². The number of amides is 1. The van der Waals surface area contributed by atoms with Gasteiger partial charge in [-0.15, -0.1) is 0 Å². The number of hydrogen-bond donors (Lipinski definition) is 1. The number of benzene rings is 2. The van der Waals surface area contributed by atoms with Gasteiger partial charge in [-0.1, -0.05) is 18.2 Å². The molecule has 0 aliphatic carbocycles. The number of sulfonamides is 1. The van der Waals surface area contributed by atoms with Crippen molar-refractivity contribution in [1.29, 1.82) is 0 Å². The van der Waals surface area contributed by atoms with Gasteiger partial charge in [-0.05, 0) is 55.7 Å². The van der Waals surface area contributed by atoms with Gasteiger partial charge in [0.25, 0.3) is 5.91 Å². The fourth-order valence-corrected chi connectivity index (χ4v) is 4.80. The molecule has 1 amide bonds. The largest absolute Gasteiger partial charge is 0.375 e. The van der Waals surface area contributed by atoms with Crippen LogP contribution in [0.15, 0.2) is 59.5 Å². The zero-order valence-corrected chi connectivity index (χ0v) is 17.0. The lowest BCUT2D eigenvalue weighted by atomic mass is 10.2. The molecule has 0 unspecified atom stereocenters. The molecule has 1 fully saturated rings. The molecule has 0 atom stereocenters. The summed E-state index contributed by atoms with van der Waals surface area (Å²) in [7, 11) is -1.42. The summed E-state index contributed by atoms with van der Waals surface area (Å²) in [6.07, 6.45) is 2.62. The van der Waals surface area contributed by atoms with Crippen molar-refractivity contribution in [3.05, 3.63) is 60.2 Å². The zero-order chi connectivity index (χ0) is 20.0. The number of carbonyl (C=O) groups excluding carboxylic acids is 1. The van der Waals surface area contributed by atoms with Crippen molar-refractivity contribution in [3.8, 4) is 0 Å². The first-order chi connectivity index (χ1) is 13.5. The molecule has 0 bridgehead atoms. The molecule has 0 radical (unpaired) electrons. The van der Waals surface area contributed by atoms with Gasteiger partial charge in [0.2, 0.25) is 10.0 Å². The highest BCUT2D eigenvalue weighted by Gasteiger charge is 2.27. The zero-order valence-electron chi connectivity index (χ0n) is 16.2. The number of rotatable bonds is 8. The molecule has 6 nitrogen and oxygen atoms in total. The van der Waals surface area contributed by atoms with E-state index in [0.29, 0.717) is 25.2 Å². The second-order valence-electron chi connectivity index (χ2n) is 7.00. The van der Waals surface area contributed by atoms with E-state index in [-0.39, 0.29) is 10.8 Å². The van der Waals surface area contributed by atoms with Crippen LogP contribution in [-0.4, -0.2) is 51.9 Å². The summed E-state index contributed by atoms with van der Waals surface area (Å²) >= 11 is 0. The van der Waals surface area contributed by atoms with Gasteiger partial charge >= 0.3 is 0 Å². The molecule has 2 aromatic carbocycles. The number of anilines is 1. The molecule has 1 aliphatic heterocycles. The summed E-state index contributed by atoms with van der Waals surface area (Å²) in [5.74, 6) is -0.188. The third kappa shape index (κ3) is 4.91. The van der Waals surface area contributed by atoms with Crippen molar-refractivity contribution >= 4 is 21.6 Å². The lowest BCUT2D eigenvalue weighted by Crippen LogP contribution is -2.29. The maximum absolute atomic E-state index is 12.5.